The largest absolute Gasteiger partial charge is 0.381 e. The van der Waals surface area contributed by atoms with E-state index >= 15 is 0 Å². The van der Waals surface area contributed by atoms with Crippen molar-refractivity contribution in [3.8, 4) is 0 Å². The van der Waals surface area contributed by atoms with E-state index in [1.54, 1.807) is 24.3 Å². The van der Waals surface area contributed by atoms with Crippen LogP contribution in [0.25, 0.3) is 10.9 Å². The number of nitrogens with zero attached hydrogens (tertiary/aromatic N) is 5. The van der Waals surface area contributed by atoms with Gasteiger partial charge < -0.3 is 20.3 Å². The molecule has 192 valence electrons. The number of nitrogen functional groups attached to an aromatic ring is 1. The van der Waals surface area contributed by atoms with Gasteiger partial charge in [0, 0.05) is 30.9 Å². The summed E-state index contributed by atoms with van der Waals surface area (Å²) < 4.78 is 44.3. The van der Waals surface area contributed by atoms with Gasteiger partial charge in [0.15, 0.2) is 31.6 Å². The van der Waals surface area contributed by atoms with Gasteiger partial charge in [0.05, 0.1) is 37.2 Å². The molecule has 1 amide bonds. The number of nitrogens with two attached hydrogens (primary N) is 1. The predicted molar refractivity (Wildman–Crippen MR) is 139 cm³/mol. The Balaban J connectivity index is 1.55. The van der Waals surface area contributed by atoms with Gasteiger partial charge in [-0.15, -0.1) is 0 Å². The first-order valence-electron chi connectivity index (χ1n) is 11.3. The number of halogens is 1. The Kier molecular flexibility index (Phi) is 6.75. The van der Waals surface area contributed by atoms with Crippen molar-refractivity contribution in [2.24, 2.45) is 0 Å². The summed E-state index contributed by atoms with van der Waals surface area (Å²) in [5.41, 5.74) is 6.87. The Labute approximate surface area is 216 Å². The Hall–Kier alpha value is -3.68. The summed E-state index contributed by atoms with van der Waals surface area (Å²) in [4.78, 5) is 30.1. The summed E-state index contributed by atoms with van der Waals surface area (Å²) in [6.07, 6.45) is 3.90. The van der Waals surface area contributed by atoms with Gasteiger partial charge in [-0.05, 0) is 29.8 Å². The van der Waals surface area contributed by atoms with Crippen molar-refractivity contribution >= 4 is 54.6 Å². The second kappa shape index (κ2) is 10.00. The molecule has 3 aromatic heterocycles. The Bertz CT molecular complexity index is 1590. The molecule has 0 bridgehead atoms. The maximum absolute atomic E-state index is 13.8. The average molecular weight is 543 g/mol. The number of aromatic nitrogens is 3. The molecule has 4 aromatic rings. The van der Waals surface area contributed by atoms with Crippen LogP contribution < -0.4 is 15.5 Å². The second-order valence-electron chi connectivity index (χ2n) is 8.48. The van der Waals surface area contributed by atoms with Crippen LogP contribution in [0.1, 0.15) is 15.2 Å². The number of ether oxygens (including phenoxy) is 1. The van der Waals surface area contributed by atoms with E-state index in [1.807, 2.05) is 4.90 Å². The predicted octanol–water partition coefficient (Wildman–Crippen LogP) is 2.89. The monoisotopic (exact) mass is 542 g/mol. The van der Waals surface area contributed by atoms with Crippen LogP contribution in [0.4, 0.5) is 21.0 Å². The van der Waals surface area contributed by atoms with E-state index in [4.69, 9.17) is 10.5 Å². The summed E-state index contributed by atoms with van der Waals surface area (Å²) in [5, 5.41) is 1.02. The number of hydrogen-bond donors (Lipinski definition) is 1. The maximum Gasteiger partial charge on any atom is 0.270 e. The number of rotatable bonds is 6. The highest BCUT2D eigenvalue weighted by Crippen LogP contribution is 2.31. The fourth-order valence-corrected chi connectivity index (χ4v) is 5.75. The van der Waals surface area contributed by atoms with Crippen LogP contribution in [0.15, 0.2) is 53.8 Å². The molecular formula is C24H23FN6O4S2. The van der Waals surface area contributed by atoms with E-state index in [9.17, 15) is 17.6 Å². The highest BCUT2D eigenvalue weighted by atomic mass is 32.2. The zero-order chi connectivity index (χ0) is 26.2. The molecule has 1 aliphatic rings. The van der Waals surface area contributed by atoms with Gasteiger partial charge in [-0.1, -0.05) is 23.5 Å². The summed E-state index contributed by atoms with van der Waals surface area (Å²) in [7, 11) is -3.75. The molecule has 2 N–H and O–H groups in total. The van der Waals surface area contributed by atoms with Gasteiger partial charge in [-0.2, -0.15) is 0 Å². The minimum Gasteiger partial charge on any atom is -0.381 e. The van der Waals surface area contributed by atoms with Crippen molar-refractivity contribution in [1.29, 1.82) is 0 Å². The molecule has 1 saturated heterocycles. The first-order chi connectivity index (χ1) is 17.7. The Morgan fingerprint density at radius 3 is 2.76 bits per heavy atom. The van der Waals surface area contributed by atoms with Crippen LogP contribution in [0.2, 0.25) is 0 Å². The number of morpholine rings is 1. The van der Waals surface area contributed by atoms with Gasteiger partial charge in [0.25, 0.3) is 5.91 Å². The van der Waals surface area contributed by atoms with Crippen molar-refractivity contribution in [2.45, 2.75) is 11.6 Å². The van der Waals surface area contributed by atoms with Crippen LogP contribution in [-0.4, -0.2) is 61.8 Å². The number of thiazole rings is 1. The van der Waals surface area contributed by atoms with E-state index in [0.29, 0.717) is 52.8 Å². The smallest absolute Gasteiger partial charge is 0.270 e. The number of carbonyl (C=O) groups is 1. The second-order valence-corrected chi connectivity index (χ2v) is 11.4. The molecule has 5 rings (SSSR count). The maximum atomic E-state index is 13.8. The molecule has 0 spiro atoms. The normalized spacial score (nSPS) is 14.2. The highest BCUT2D eigenvalue weighted by molar-refractivity contribution is 7.90. The molecule has 0 unspecified atom stereocenters. The van der Waals surface area contributed by atoms with Gasteiger partial charge >= 0.3 is 0 Å². The van der Waals surface area contributed by atoms with Gasteiger partial charge in [-0.3, -0.25) is 4.79 Å². The first-order valence-corrected chi connectivity index (χ1v) is 14.0. The molecule has 37 heavy (non-hydrogen) atoms. The third-order valence-electron chi connectivity index (χ3n) is 5.83. The third-order valence-corrected chi connectivity index (χ3v) is 7.89. The SMILES string of the molecule is CS(=O)(=O)c1ncccc1N(Cc1ccc2cc(F)c(N)nc2c1)C(=O)c1cnc(N2CCOCC2)s1. The van der Waals surface area contributed by atoms with Crippen molar-refractivity contribution < 1.29 is 22.3 Å². The number of carbonyl (C=O) groups excluding carboxylic acids is 1. The van der Waals surface area contributed by atoms with Crippen molar-refractivity contribution in [3.63, 3.8) is 0 Å². The minimum atomic E-state index is -3.75. The van der Waals surface area contributed by atoms with E-state index in [0.717, 1.165) is 6.26 Å². The molecule has 1 fully saturated rings. The van der Waals surface area contributed by atoms with Crippen molar-refractivity contribution in [1.82, 2.24) is 15.0 Å². The lowest BCUT2D eigenvalue weighted by Gasteiger charge is -2.26. The quantitative estimate of drug-likeness (QED) is 0.391. The molecular weight excluding hydrogens is 519 g/mol. The molecule has 1 aliphatic heterocycles. The minimum absolute atomic E-state index is 0.00668. The highest BCUT2D eigenvalue weighted by Gasteiger charge is 2.27. The summed E-state index contributed by atoms with van der Waals surface area (Å²) in [6.45, 7) is 2.49. The topological polar surface area (TPSA) is 132 Å². The van der Waals surface area contributed by atoms with Crippen LogP contribution in [0, 0.1) is 5.82 Å². The average Bonchev–Trinajstić information content (AvgIpc) is 3.38. The molecule has 4 heterocycles. The molecule has 0 radical (unpaired) electrons. The van der Waals surface area contributed by atoms with Gasteiger partial charge in [-0.25, -0.2) is 27.8 Å². The third kappa shape index (κ3) is 5.24. The summed E-state index contributed by atoms with van der Waals surface area (Å²) in [5.74, 6) is -1.28. The zero-order valence-electron chi connectivity index (χ0n) is 19.8. The van der Waals surface area contributed by atoms with E-state index in [2.05, 4.69) is 15.0 Å². The van der Waals surface area contributed by atoms with Crippen molar-refractivity contribution in [3.05, 3.63) is 65.0 Å². The summed E-state index contributed by atoms with van der Waals surface area (Å²) >= 11 is 1.23. The number of fused-ring (bicyclic) bond motifs is 1. The molecule has 13 heteroatoms. The first kappa shape index (κ1) is 25.0. The lowest BCUT2D eigenvalue weighted by atomic mass is 10.1. The summed E-state index contributed by atoms with van der Waals surface area (Å²) in [6, 6.07) is 9.49. The molecule has 0 atom stereocenters. The van der Waals surface area contributed by atoms with Crippen LogP contribution in [0.3, 0.4) is 0 Å². The molecule has 1 aromatic carbocycles. The van der Waals surface area contributed by atoms with Crippen molar-refractivity contribution in [2.75, 3.05) is 48.1 Å². The number of amides is 1. The Morgan fingerprint density at radius 1 is 1.22 bits per heavy atom. The fourth-order valence-electron chi connectivity index (χ4n) is 4.02. The number of benzene rings is 1. The molecule has 0 saturated carbocycles. The zero-order valence-corrected chi connectivity index (χ0v) is 21.4. The van der Waals surface area contributed by atoms with Gasteiger partial charge in [0.2, 0.25) is 0 Å². The standard InChI is InChI=1S/C24H23FN6O4S2/c1-37(33,34)22-19(3-2-6-27-22)31(14-15-4-5-16-12-17(25)21(26)29-18(16)11-15)23(32)20-13-28-24(36-20)30-7-9-35-10-8-30/h2-6,11-13H,7-10,14H2,1H3,(H2,26,29). The molecule has 0 aliphatic carbocycles. The van der Waals surface area contributed by atoms with Crippen LogP contribution >= 0.6 is 11.3 Å². The number of sulfone groups is 1. The number of hydrogen-bond acceptors (Lipinski definition) is 10. The number of pyridine rings is 2. The lowest BCUT2D eigenvalue weighted by Crippen LogP contribution is -2.36. The van der Waals surface area contributed by atoms with Crippen LogP contribution in [-0.2, 0) is 21.1 Å². The van der Waals surface area contributed by atoms with E-state index in [-0.39, 0.29) is 23.1 Å². The fraction of sp³-hybridized carbons (Fsp3) is 0.250. The number of anilines is 3. The molecule has 10 nitrogen and oxygen atoms in total. The van der Waals surface area contributed by atoms with Gasteiger partial charge in [0.1, 0.15) is 4.88 Å². The van der Waals surface area contributed by atoms with E-state index in [1.165, 1.54) is 40.8 Å². The van der Waals surface area contributed by atoms with E-state index < -0.39 is 21.6 Å². The Morgan fingerprint density at radius 2 is 2.00 bits per heavy atom. The lowest BCUT2D eigenvalue weighted by molar-refractivity contribution is 0.0988. The van der Waals surface area contributed by atoms with Crippen LogP contribution in [0.5, 0.6) is 0 Å².